The Hall–Kier alpha value is -1.65. The number of nitrogens with two attached hydrogens (primary N) is 1. The molecule has 82 valence electrons. The van der Waals surface area contributed by atoms with Gasteiger partial charge in [0.05, 0.1) is 6.07 Å². The molecule has 0 unspecified atom stereocenters. The Morgan fingerprint density at radius 1 is 1.56 bits per heavy atom. The molecule has 0 fully saturated rings. The molecule has 0 saturated heterocycles. The number of hydrogen-bond donors (Lipinski definition) is 1. The molecule has 0 bridgehead atoms. The van der Waals surface area contributed by atoms with Gasteiger partial charge >= 0.3 is 0 Å². The zero-order valence-electron chi connectivity index (χ0n) is 8.22. The lowest BCUT2D eigenvalue weighted by Gasteiger charge is -2.00. The van der Waals surface area contributed by atoms with Crippen molar-refractivity contribution in [2.75, 3.05) is 0 Å². The summed E-state index contributed by atoms with van der Waals surface area (Å²) < 4.78 is 7.48. The third-order valence-electron chi connectivity index (χ3n) is 2.03. The van der Waals surface area contributed by atoms with Crippen LogP contribution in [0.4, 0.5) is 0 Å². The number of halogens is 1. The summed E-state index contributed by atoms with van der Waals surface area (Å²) >= 11 is 3.21. The van der Waals surface area contributed by atoms with Crippen LogP contribution in [0, 0.1) is 11.3 Å². The molecule has 0 saturated carbocycles. The van der Waals surface area contributed by atoms with E-state index in [2.05, 4.69) is 26.2 Å². The first-order valence-corrected chi connectivity index (χ1v) is 5.30. The van der Waals surface area contributed by atoms with E-state index < -0.39 is 0 Å². The van der Waals surface area contributed by atoms with Gasteiger partial charge in [0.2, 0.25) is 0 Å². The van der Waals surface area contributed by atoms with E-state index in [9.17, 15) is 0 Å². The van der Waals surface area contributed by atoms with E-state index in [-0.39, 0.29) is 13.1 Å². The quantitative estimate of drug-likeness (QED) is 0.915. The largest absolute Gasteiger partial charge is 0.448 e. The van der Waals surface area contributed by atoms with E-state index in [0.29, 0.717) is 21.8 Å². The van der Waals surface area contributed by atoms with Crippen LogP contribution in [0.1, 0.15) is 5.69 Å². The number of rotatable bonds is 3. The van der Waals surface area contributed by atoms with E-state index in [1.54, 1.807) is 12.1 Å². The summed E-state index contributed by atoms with van der Waals surface area (Å²) in [4.78, 5) is 0. The maximum atomic E-state index is 8.67. The van der Waals surface area contributed by atoms with E-state index in [0.717, 1.165) is 0 Å². The molecule has 0 amide bonds. The third kappa shape index (κ3) is 1.85. The lowest BCUT2D eigenvalue weighted by Crippen LogP contribution is -2.02. The molecule has 0 atom stereocenters. The van der Waals surface area contributed by atoms with Gasteiger partial charge in [0.1, 0.15) is 17.9 Å². The highest BCUT2D eigenvalue weighted by atomic mass is 79.9. The minimum Gasteiger partial charge on any atom is -0.448 e. The number of nitriles is 1. The molecule has 16 heavy (non-hydrogen) atoms. The van der Waals surface area contributed by atoms with Crippen LogP contribution >= 0.6 is 15.9 Å². The predicted octanol–water partition coefficient (Wildman–Crippen LogP) is 1.28. The van der Waals surface area contributed by atoms with Crippen molar-refractivity contribution >= 4 is 15.9 Å². The van der Waals surface area contributed by atoms with E-state index in [4.69, 9.17) is 15.4 Å². The lowest BCUT2D eigenvalue weighted by atomic mass is 10.2. The van der Waals surface area contributed by atoms with Gasteiger partial charge in [0, 0.05) is 6.54 Å². The van der Waals surface area contributed by atoms with Gasteiger partial charge in [-0.1, -0.05) is 5.21 Å². The van der Waals surface area contributed by atoms with Crippen molar-refractivity contribution in [3.05, 3.63) is 22.5 Å². The van der Waals surface area contributed by atoms with Crippen molar-refractivity contribution in [2.45, 2.75) is 13.1 Å². The van der Waals surface area contributed by atoms with Crippen molar-refractivity contribution in [1.82, 2.24) is 15.0 Å². The summed E-state index contributed by atoms with van der Waals surface area (Å²) in [6.07, 6.45) is 0. The molecule has 0 radical (unpaired) electrons. The lowest BCUT2D eigenvalue weighted by molar-refractivity contribution is 0.544. The number of aromatic nitrogens is 3. The Morgan fingerprint density at radius 3 is 2.94 bits per heavy atom. The molecule has 6 nitrogen and oxygen atoms in total. The molecule has 2 rings (SSSR count). The molecule has 0 aliphatic heterocycles. The number of hydrogen-bond acceptors (Lipinski definition) is 5. The monoisotopic (exact) mass is 281 g/mol. The fourth-order valence-electron chi connectivity index (χ4n) is 1.38. The summed E-state index contributed by atoms with van der Waals surface area (Å²) in [5.41, 5.74) is 6.81. The molecule has 2 aromatic heterocycles. The van der Waals surface area contributed by atoms with Gasteiger partial charge in [0.15, 0.2) is 10.4 Å². The van der Waals surface area contributed by atoms with Gasteiger partial charge < -0.3 is 10.2 Å². The molecule has 0 aliphatic rings. The summed E-state index contributed by atoms with van der Waals surface area (Å²) in [6, 6.07) is 5.54. The van der Waals surface area contributed by atoms with Crippen molar-refractivity contribution in [3.8, 4) is 17.5 Å². The van der Waals surface area contributed by atoms with Crippen LogP contribution in [0.15, 0.2) is 21.2 Å². The second kappa shape index (κ2) is 4.47. The van der Waals surface area contributed by atoms with Crippen molar-refractivity contribution < 1.29 is 4.42 Å². The Kier molecular flexibility index (Phi) is 3.03. The zero-order chi connectivity index (χ0) is 11.5. The fraction of sp³-hybridized carbons (Fsp3) is 0.222. The standard InChI is InChI=1S/C9H8BrN5O/c10-8-2-1-7(16-8)9-6(5-12)13-14-15(9)4-3-11/h1-2H,4-5,12H2. The second-order valence-corrected chi connectivity index (χ2v) is 3.79. The first-order chi connectivity index (χ1) is 7.76. The molecule has 2 heterocycles. The van der Waals surface area contributed by atoms with Crippen LogP contribution in [0.2, 0.25) is 0 Å². The normalized spacial score (nSPS) is 10.3. The molecule has 7 heteroatoms. The maximum Gasteiger partial charge on any atom is 0.169 e. The highest BCUT2D eigenvalue weighted by Crippen LogP contribution is 2.26. The average molecular weight is 282 g/mol. The van der Waals surface area contributed by atoms with Gasteiger partial charge in [-0.05, 0) is 28.1 Å². The number of nitrogens with zero attached hydrogens (tertiary/aromatic N) is 4. The Bertz CT molecular complexity index is 538. The van der Waals surface area contributed by atoms with Crippen molar-refractivity contribution in [3.63, 3.8) is 0 Å². The summed E-state index contributed by atoms with van der Waals surface area (Å²) in [5.74, 6) is 0.590. The molecule has 0 spiro atoms. The molecule has 2 aromatic rings. The fourth-order valence-corrected chi connectivity index (χ4v) is 1.68. The van der Waals surface area contributed by atoms with Crippen molar-refractivity contribution in [1.29, 1.82) is 5.26 Å². The Morgan fingerprint density at radius 2 is 2.38 bits per heavy atom. The molecular formula is C9H8BrN5O. The highest BCUT2D eigenvalue weighted by molar-refractivity contribution is 9.10. The van der Waals surface area contributed by atoms with Crippen LogP contribution in [0.25, 0.3) is 11.5 Å². The highest BCUT2D eigenvalue weighted by Gasteiger charge is 2.16. The van der Waals surface area contributed by atoms with Gasteiger partial charge in [-0.3, -0.25) is 0 Å². The average Bonchev–Trinajstić information content (AvgIpc) is 2.85. The van der Waals surface area contributed by atoms with Crippen LogP contribution in [0.3, 0.4) is 0 Å². The summed E-state index contributed by atoms with van der Waals surface area (Å²) in [6.45, 7) is 0.361. The first-order valence-electron chi connectivity index (χ1n) is 4.51. The van der Waals surface area contributed by atoms with E-state index >= 15 is 0 Å². The Labute approximate surface area is 99.8 Å². The molecule has 2 N–H and O–H groups in total. The van der Waals surface area contributed by atoms with Gasteiger partial charge in [-0.2, -0.15) is 5.26 Å². The van der Waals surface area contributed by atoms with Gasteiger partial charge in [-0.15, -0.1) is 5.10 Å². The van der Waals surface area contributed by atoms with Crippen LogP contribution < -0.4 is 5.73 Å². The van der Waals surface area contributed by atoms with Crippen molar-refractivity contribution in [2.24, 2.45) is 5.73 Å². The minimum atomic E-state index is 0.112. The second-order valence-electron chi connectivity index (χ2n) is 3.01. The van der Waals surface area contributed by atoms with Crippen LogP contribution in [-0.4, -0.2) is 15.0 Å². The summed E-state index contributed by atoms with van der Waals surface area (Å²) in [5, 5.41) is 16.4. The van der Waals surface area contributed by atoms with Crippen LogP contribution in [0.5, 0.6) is 0 Å². The molecule has 0 aliphatic carbocycles. The maximum absolute atomic E-state index is 8.67. The zero-order valence-corrected chi connectivity index (χ0v) is 9.81. The van der Waals surface area contributed by atoms with Gasteiger partial charge in [0.25, 0.3) is 0 Å². The topological polar surface area (TPSA) is 93.7 Å². The SMILES string of the molecule is N#CCn1nnc(CN)c1-c1ccc(Br)o1. The Balaban J connectivity index is 2.52. The predicted molar refractivity (Wildman–Crippen MR) is 58.9 cm³/mol. The summed E-state index contributed by atoms with van der Waals surface area (Å²) in [7, 11) is 0. The third-order valence-corrected chi connectivity index (χ3v) is 2.45. The van der Waals surface area contributed by atoms with E-state index in [1.165, 1.54) is 4.68 Å². The minimum absolute atomic E-state index is 0.112. The smallest absolute Gasteiger partial charge is 0.169 e. The van der Waals surface area contributed by atoms with Crippen LogP contribution in [-0.2, 0) is 13.1 Å². The molecule has 0 aromatic carbocycles. The first kappa shape index (κ1) is 10.9. The number of furan rings is 1. The van der Waals surface area contributed by atoms with E-state index in [1.807, 2.05) is 6.07 Å². The van der Waals surface area contributed by atoms with Gasteiger partial charge in [-0.25, -0.2) is 4.68 Å². The molecular weight excluding hydrogens is 274 g/mol.